The molecule has 0 spiro atoms. The minimum Gasteiger partial charge on any atom is -0.482 e. The number of nitrogens with zero attached hydrogens (tertiary/aromatic N) is 2. The predicted molar refractivity (Wildman–Crippen MR) is 101 cm³/mol. The monoisotopic (exact) mass is 393 g/mol. The zero-order valence-electron chi connectivity index (χ0n) is 13.3. The molecule has 0 bridgehead atoms. The number of rotatable bonds is 7. The van der Waals surface area contributed by atoms with Crippen molar-refractivity contribution in [1.29, 1.82) is 0 Å². The van der Waals surface area contributed by atoms with E-state index in [9.17, 15) is 14.9 Å². The number of benzene rings is 2. The minimum atomic E-state index is -0.468. The molecule has 0 fully saturated rings. The van der Waals surface area contributed by atoms with Crippen LogP contribution in [-0.4, -0.2) is 23.7 Å². The van der Waals surface area contributed by atoms with Crippen LogP contribution < -0.4 is 10.2 Å². The molecule has 1 N–H and O–H groups in total. The Kier molecular flexibility index (Phi) is 7.13. The molecule has 0 heterocycles. The van der Waals surface area contributed by atoms with Gasteiger partial charge in [-0.1, -0.05) is 29.3 Å². The van der Waals surface area contributed by atoms with Crippen LogP contribution >= 0.6 is 23.2 Å². The molecule has 2 rings (SSSR count). The van der Waals surface area contributed by atoms with E-state index in [-0.39, 0.29) is 12.3 Å². The van der Waals surface area contributed by atoms with Crippen LogP contribution in [0.25, 0.3) is 6.08 Å². The zero-order chi connectivity index (χ0) is 18.9. The number of halogens is 2. The van der Waals surface area contributed by atoms with E-state index < -0.39 is 10.8 Å². The van der Waals surface area contributed by atoms with Gasteiger partial charge in [-0.05, 0) is 42.0 Å². The average molecular weight is 394 g/mol. The van der Waals surface area contributed by atoms with Gasteiger partial charge in [-0.25, -0.2) is 5.43 Å². The quantitative estimate of drug-likeness (QED) is 0.435. The summed E-state index contributed by atoms with van der Waals surface area (Å²) in [7, 11) is 0. The van der Waals surface area contributed by atoms with E-state index in [4.69, 9.17) is 27.9 Å². The van der Waals surface area contributed by atoms with Crippen LogP contribution in [-0.2, 0) is 4.79 Å². The zero-order valence-corrected chi connectivity index (χ0v) is 14.8. The number of carbonyl (C=O) groups is 1. The van der Waals surface area contributed by atoms with Crippen molar-refractivity contribution in [2.24, 2.45) is 5.10 Å². The van der Waals surface area contributed by atoms with Crippen LogP contribution in [0.3, 0.4) is 0 Å². The number of nitro benzene ring substituents is 1. The molecule has 2 aromatic rings. The van der Waals surface area contributed by atoms with Crippen molar-refractivity contribution < 1.29 is 14.5 Å². The number of allylic oxidation sites excluding steroid dienone is 1. The lowest BCUT2D eigenvalue weighted by Crippen LogP contribution is -2.24. The second-order valence-electron chi connectivity index (χ2n) is 4.88. The normalized spacial score (nSPS) is 11.0. The van der Waals surface area contributed by atoms with Crippen molar-refractivity contribution in [3.05, 3.63) is 74.3 Å². The lowest BCUT2D eigenvalue weighted by molar-refractivity contribution is -0.384. The van der Waals surface area contributed by atoms with Crippen LogP contribution in [0.2, 0.25) is 10.0 Å². The molecule has 0 aliphatic heterocycles. The molecule has 0 unspecified atom stereocenters. The van der Waals surface area contributed by atoms with Gasteiger partial charge in [0.05, 0.1) is 9.95 Å². The van der Waals surface area contributed by atoms with E-state index in [2.05, 4.69) is 10.5 Å². The maximum atomic E-state index is 11.6. The molecule has 0 radical (unpaired) electrons. The van der Waals surface area contributed by atoms with Gasteiger partial charge in [-0.15, -0.1) is 0 Å². The molecular formula is C17H13Cl2N3O4. The fourth-order valence-electron chi connectivity index (χ4n) is 1.78. The molecule has 0 aliphatic rings. The van der Waals surface area contributed by atoms with Crippen molar-refractivity contribution >= 4 is 47.1 Å². The number of hydrogen-bond donors (Lipinski definition) is 1. The van der Waals surface area contributed by atoms with E-state index in [1.54, 1.807) is 36.4 Å². The smallest absolute Gasteiger partial charge is 0.277 e. The Morgan fingerprint density at radius 3 is 2.62 bits per heavy atom. The van der Waals surface area contributed by atoms with Crippen LogP contribution in [0, 0.1) is 10.1 Å². The fourth-order valence-corrected chi connectivity index (χ4v) is 2.24. The summed E-state index contributed by atoms with van der Waals surface area (Å²) in [6.07, 6.45) is 4.64. The van der Waals surface area contributed by atoms with Crippen molar-refractivity contribution in [2.45, 2.75) is 0 Å². The lowest BCUT2D eigenvalue weighted by Gasteiger charge is -2.06. The Morgan fingerprint density at radius 2 is 1.96 bits per heavy atom. The largest absolute Gasteiger partial charge is 0.482 e. The number of ether oxygens (including phenoxy) is 1. The predicted octanol–water partition coefficient (Wildman–Crippen LogP) is 4.10. The molecule has 9 heteroatoms. The third-order valence-electron chi connectivity index (χ3n) is 3.00. The van der Waals surface area contributed by atoms with Crippen LogP contribution in [0.1, 0.15) is 5.56 Å². The number of hydrazone groups is 1. The summed E-state index contributed by atoms with van der Waals surface area (Å²) in [5.74, 6) is -0.121. The summed E-state index contributed by atoms with van der Waals surface area (Å²) in [5.41, 5.74) is 3.07. The van der Waals surface area contributed by atoms with Crippen LogP contribution in [0.5, 0.6) is 5.75 Å². The van der Waals surface area contributed by atoms with Gasteiger partial charge in [0.2, 0.25) is 0 Å². The van der Waals surface area contributed by atoms with E-state index in [1.807, 2.05) is 0 Å². The highest BCUT2D eigenvalue weighted by molar-refractivity contribution is 6.35. The number of carbonyl (C=O) groups excluding carboxylic acids is 1. The first-order valence-electron chi connectivity index (χ1n) is 7.26. The maximum absolute atomic E-state index is 11.6. The number of nitrogens with one attached hydrogen (secondary N) is 1. The summed E-state index contributed by atoms with van der Waals surface area (Å²) in [5, 5.41) is 15.1. The summed E-state index contributed by atoms with van der Waals surface area (Å²) >= 11 is 11.7. The first-order valence-corrected chi connectivity index (χ1v) is 8.02. The molecule has 1 amide bonds. The van der Waals surface area contributed by atoms with Crippen molar-refractivity contribution in [2.75, 3.05) is 6.61 Å². The molecule has 0 saturated heterocycles. The molecule has 26 heavy (non-hydrogen) atoms. The Labute approximate surface area is 159 Å². The van der Waals surface area contributed by atoms with Gasteiger partial charge >= 0.3 is 0 Å². The highest BCUT2D eigenvalue weighted by atomic mass is 35.5. The molecule has 7 nitrogen and oxygen atoms in total. The van der Waals surface area contributed by atoms with Crippen LogP contribution in [0.4, 0.5) is 5.69 Å². The fraction of sp³-hybridized carbons (Fsp3) is 0.0588. The van der Waals surface area contributed by atoms with E-state index in [1.165, 1.54) is 24.4 Å². The Bertz CT molecular complexity index is 852. The van der Waals surface area contributed by atoms with Crippen molar-refractivity contribution in [3.8, 4) is 5.75 Å². The summed E-state index contributed by atoms with van der Waals surface area (Å²) < 4.78 is 5.26. The second kappa shape index (κ2) is 9.55. The molecule has 0 aromatic heterocycles. The van der Waals surface area contributed by atoms with Gasteiger partial charge in [-0.3, -0.25) is 14.9 Å². The van der Waals surface area contributed by atoms with Gasteiger partial charge in [0.1, 0.15) is 5.75 Å². The first-order chi connectivity index (χ1) is 12.5. The molecular weight excluding hydrogens is 381 g/mol. The number of amides is 1. The van der Waals surface area contributed by atoms with Crippen LogP contribution in [0.15, 0.2) is 53.6 Å². The average Bonchev–Trinajstić information content (AvgIpc) is 2.61. The Hall–Kier alpha value is -2.90. The Morgan fingerprint density at radius 1 is 1.23 bits per heavy atom. The third kappa shape index (κ3) is 6.19. The van der Waals surface area contributed by atoms with E-state index in [0.29, 0.717) is 15.8 Å². The Balaban J connectivity index is 1.76. The molecule has 0 aliphatic carbocycles. The minimum absolute atomic E-state index is 0.0175. The molecule has 0 saturated carbocycles. The third-order valence-corrected chi connectivity index (χ3v) is 3.53. The topological polar surface area (TPSA) is 93.8 Å². The maximum Gasteiger partial charge on any atom is 0.277 e. The van der Waals surface area contributed by atoms with Gasteiger partial charge in [0.25, 0.3) is 11.6 Å². The second-order valence-corrected chi connectivity index (χ2v) is 5.73. The summed E-state index contributed by atoms with van der Waals surface area (Å²) in [4.78, 5) is 21.7. The summed E-state index contributed by atoms with van der Waals surface area (Å²) in [6, 6.07) is 10.7. The summed E-state index contributed by atoms with van der Waals surface area (Å²) in [6.45, 7) is -0.259. The van der Waals surface area contributed by atoms with Gasteiger partial charge < -0.3 is 4.74 Å². The van der Waals surface area contributed by atoms with Gasteiger partial charge in [0, 0.05) is 23.4 Å². The van der Waals surface area contributed by atoms with Crippen molar-refractivity contribution in [3.63, 3.8) is 0 Å². The first kappa shape index (κ1) is 19.4. The van der Waals surface area contributed by atoms with Gasteiger partial charge in [-0.2, -0.15) is 5.10 Å². The standard InChI is InChI=1S/C17H13Cl2N3O4/c18-13-5-8-16(15(19)10-13)26-11-17(23)21-20-9-1-2-12-3-6-14(7-4-12)22(24)25/h1-10H,11H2,(H,21,23)/b2-1+,20-9-. The molecule has 0 atom stereocenters. The van der Waals surface area contributed by atoms with Gasteiger partial charge in [0.15, 0.2) is 6.61 Å². The number of nitro groups is 1. The highest BCUT2D eigenvalue weighted by Crippen LogP contribution is 2.27. The van der Waals surface area contributed by atoms with E-state index in [0.717, 1.165) is 5.56 Å². The van der Waals surface area contributed by atoms with Crippen molar-refractivity contribution in [1.82, 2.24) is 5.43 Å². The van der Waals surface area contributed by atoms with E-state index >= 15 is 0 Å². The SMILES string of the molecule is O=C(COc1ccc(Cl)cc1Cl)N/N=C\C=C\c1ccc([N+](=O)[O-])cc1. The highest BCUT2D eigenvalue weighted by Gasteiger charge is 2.05. The lowest BCUT2D eigenvalue weighted by atomic mass is 10.2. The number of hydrogen-bond acceptors (Lipinski definition) is 5. The molecule has 134 valence electrons. The number of non-ortho nitro benzene ring substituents is 1. The molecule has 2 aromatic carbocycles.